The zero-order valence-corrected chi connectivity index (χ0v) is 13.4. The third-order valence-corrected chi connectivity index (χ3v) is 4.74. The monoisotopic (exact) mass is 324 g/mol. The maximum absolute atomic E-state index is 12.6. The summed E-state index contributed by atoms with van der Waals surface area (Å²) in [7, 11) is 0. The van der Waals surface area contributed by atoms with E-state index in [0.717, 1.165) is 30.7 Å². The summed E-state index contributed by atoms with van der Waals surface area (Å²) in [5.74, 6) is 0.839. The van der Waals surface area contributed by atoms with E-state index in [-0.39, 0.29) is 17.6 Å². The first-order valence-electron chi connectivity index (χ1n) is 8.29. The first kappa shape index (κ1) is 15.1. The van der Waals surface area contributed by atoms with E-state index in [1.807, 2.05) is 47.4 Å². The number of hydrogen-bond acceptors (Lipinski definition) is 4. The van der Waals surface area contributed by atoms with E-state index in [1.54, 1.807) is 12.4 Å². The van der Waals surface area contributed by atoms with Crippen LogP contribution in [0, 0.1) is 0 Å². The van der Waals surface area contributed by atoms with Gasteiger partial charge in [0.15, 0.2) is 0 Å². The maximum atomic E-state index is 12.6. The first-order chi connectivity index (χ1) is 11.7. The van der Waals surface area contributed by atoms with Crippen LogP contribution in [-0.4, -0.2) is 47.2 Å². The summed E-state index contributed by atoms with van der Waals surface area (Å²) in [4.78, 5) is 18.5. The van der Waals surface area contributed by atoms with Gasteiger partial charge in [-0.2, -0.15) is 0 Å². The Kier molecular flexibility index (Phi) is 3.94. The van der Waals surface area contributed by atoms with Gasteiger partial charge in [-0.25, -0.2) is 0 Å². The van der Waals surface area contributed by atoms with Gasteiger partial charge >= 0.3 is 0 Å². The molecule has 5 heteroatoms. The largest absolute Gasteiger partial charge is 0.486 e. The SMILES string of the molecule is O=C(c1ccccc1)N1CC[C@]2(C[C@@H](Oc3cccnc3)CO2)C1. The highest BCUT2D eigenvalue weighted by molar-refractivity contribution is 5.94. The Morgan fingerprint density at radius 1 is 1.25 bits per heavy atom. The third kappa shape index (κ3) is 2.99. The topological polar surface area (TPSA) is 51.7 Å². The lowest BCUT2D eigenvalue weighted by Gasteiger charge is -2.23. The van der Waals surface area contributed by atoms with Gasteiger partial charge in [-0.15, -0.1) is 0 Å². The van der Waals surface area contributed by atoms with Crippen LogP contribution in [0.15, 0.2) is 54.9 Å². The van der Waals surface area contributed by atoms with E-state index < -0.39 is 0 Å². The number of pyridine rings is 1. The summed E-state index contributed by atoms with van der Waals surface area (Å²) < 4.78 is 12.0. The minimum atomic E-state index is -0.267. The predicted molar refractivity (Wildman–Crippen MR) is 88.9 cm³/mol. The number of likely N-dealkylation sites (tertiary alicyclic amines) is 1. The smallest absolute Gasteiger partial charge is 0.253 e. The van der Waals surface area contributed by atoms with Crippen molar-refractivity contribution in [3.63, 3.8) is 0 Å². The van der Waals surface area contributed by atoms with Gasteiger partial charge in [0.25, 0.3) is 5.91 Å². The van der Waals surface area contributed by atoms with E-state index in [4.69, 9.17) is 9.47 Å². The van der Waals surface area contributed by atoms with Gasteiger partial charge in [-0.05, 0) is 30.7 Å². The van der Waals surface area contributed by atoms with Crippen LogP contribution in [0.4, 0.5) is 0 Å². The number of hydrogen-bond donors (Lipinski definition) is 0. The third-order valence-electron chi connectivity index (χ3n) is 4.74. The molecular formula is C19H20N2O3. The number of benzene rings is 1. The Balaban J connectivity index is 1.39. The molecule has 3 heterocycles. The predicted octanol–water partition coefficient (Wildman–Crippen LogP) is 2.53. The Morgan fingerprint density at radius 2 is 2.12 bits per heavy atom. The Bertz CT molecular complexity index is 707. The molecule has 2 fully saturated rings. The minimum absolute atomic E-state index is 0.0148. The molecule has 124 valence electrons. The first-order valence-corrected chi connectivity index (χ1v) is 8.29. The Morgan fingerprint density at radius 3 is 2.92 bits per heavy atom. The van der Waals surface area contributed by atoms with E-state index in [2.05, 4.69) is 4.98 Å². The van der Waals surface area contributed by atoms with Crippen LogP contribution in [0.25, 0.3) is 0 Å². The van der Waals surface area contributed by atoms with Crippen LogP contribution in [0.1, 0.15) is 23.2 Å². The summed E-state index contributed by atoms with van der Waals surface area (Å²) in [6.45, 7) is 1.92. The van der Waals surface area contributed by atoms with Crippen LogP contribution in [0.3, 0.4) is 0 Å². The van der Waals surface area contributed by atoms with Crippen molar-refractivity contribution in [1.82, 2.24) is 9.88 Å². The molecule has 2 aliphatic rings. The molecule has 0 bridgehead atoms. The second kappa shape index (κ2) is 6.24. The van der Waals surface area contributed by atoms with Crippen LogP contribution in [-0.2, 0) is 4.74 Å². The molecule has 2 atom stereocenters. The Hall–Kier alpha value is -2.40. The average molecular weight is 324 g/mol. The van der Waals surface area contributed by atoms with Crippen molar-refractivity contribution in [2.75, 3.05) is 19.7 Å². The maximum Gasteiger partial charge on any atom is 0.253 e. The zero-order chi connectivity index (χ0) is 16.4. The number of carbonyl (C=O) groups is 1. The lowest BCUT2D eigenvalue weighted by atomic mass is 9.98. The van der Waals surface area contributed by atoms with E-state index in [9.17, 15) is 4.79 Å². The number of carbonyl (C=O) groups excluding carboxylic acids is 1. The molecule has 0 unspecified atom stereocenters. The molecule has 1 aromatic heterocycles. The summed E-state index contributed by atoms with van der Waals surface area (Å²) in [6, 6.07) is 13.2. The quantitative estimate of drug-likeness (QED) is 0.870. The molecular weight excluding hydrogens is 304 g/mol. The van der Waals surface area contributed by atoms with E-state index in [1.165, 1.54) is 0 Å². The standard InChI is InChI=1S/C19H20N2O3/c22-18(15-5-2-1-3-6-15)21-10-8-19(14-21)11-17(13-23-19)24-16-7-4-9-20-12-16/h1-7,9,12,17H,8,10-11,13-14H2/t17-,19+/m1/s1. The molecule has 0 saturated carbocycles. The molecule has 1 aromatic carbocycles. The van der Waals surface area contributed by atoms with Crippen molar-refractivity contribution in [2.45, 2.75) is 24.5 Å². The van der Waals surface area contributed by atoms with Crippen LogP contribution in [0.2, 0.25) is 0 Å². The minimum Gasteiger partial charge on any atom is -0.486 e. The highest BCUT2D eigenvalue weighted by Gasteiger charge is 2.47. The number of ether oxygens (including phenoxy) is 2. The molecule has 4 rings (SSSR count). The molecule has 24 heavy (non-hydrogen) atoms. The molecule has 0 radical (unpaired) electrons. The van der Waals surface area contributed by atoms with E-state index >= 15 is 0 Å². The molecule has 2 saturated heterocycles. The van der Waals surface area contributed by atoms with Crippen LogP contribution in [0.5, 0.6) is 5.75 Å². The molecule has 0 N–H and O–H groups in total. The van der Waals surface area contributed by atoms with Gasteiger partial charge < -0.3 is 14.4 Å². The van der Waals surface area contributed by atoms with Gasteiger partial charge in [-0.3, -0.25) is 9.78 Å². The second-order valence-corrected chi connectivity index (χ2v) is 6.47. The number of rotatable bonds is 3. The Labute approximate surface area is 141 Å². The van der Waals surface area contributed by atoms with Gasteiger partial charge in [0, 0.05) is 24.7 Å². The van der Waals surface area contributed by atoms with Crippen molar-refractivity contribution in [3.8, 4) is 5.75 Å². The van der Waals surface area contributed by atoms with Crippen LogP contribution >= 0.6 is 0 Å². The van der Waals surface area contributed by atoms with Crippen LogP contribution < -0.4 is 4.74 Å². The molecule has 5 nitrogen and oxygen atoms in total. The van der Waals surface area contributed by atoms with Crippen molar-refractivity contribution in [3.05, 3.63) is 60.4 Å². The fourth-order valence-electron chi connectivity index (χ4n) is 3.55. The lowest BCUT2D eigenvalue weighted by molar-refractivity contribution is 0.00995. The number of amides is 1. The molecule has 2 aromatic rings. The van der Waals surface area contributed by atoms with Gasteiger partial charge in [0.2, 0.25) is 0 Å². The summed E-state index contributed by atoms with van der Waals surface area (Å²) >= 11 is 0. The fraction of sp³-hybridized carbons (Fsp3) is 0.368. The lowest BCUT2D eigenvalue weighted by Crippen LogP contribution is -2.36. The average Bonchev–Trinajstić information content (AvgIpc) is 3.23. The van der Waals surface area contributed by atoms with Gasteiger partial charge in [-0.1, -0.05) is 18.2 Å². The molecule has 1 amide bonds. The summed E-state index contributed by atoms with van der Waals surface area (Å²) in [5, 5.41) is 0. The second-order valence-electron chi connectivity index (χ2n) is 6.47. The van der Waals surface area contributed by atoms with E-state index in [0.29, 0.717) is 13.2 Å². The number of aromatic nitrogens is 1. The van der Waals surface area contributed by atoms with Gasteiger partial charge in [0.05, 0.1) is 24.9 Å². The van der Waals surface area contributed by atoms with Crippen molar-refractivity contribution < 1.29 is 14.3 Å². The molecule has 2 aliphatic heterocycles. The number of nitrogens with zero attached hydrogens (tertiary/aromatic N) is 2. The molecule has 0 aliphatic carbocycles. The highest BCUT2D eigenvalue weighted by Crippen LogP contribution is 2.37. The summed E-state index contributed by atoms with van der Waals surface area (Å²) in [5.41, 5.74) is 0.466. The van der Waals surface area contributed by atoms with Gasteiger partial charge in [0.1, 0.15) is 11.9 Å². The zero-order valence-electron chi connectivity index (χ0n) is 13.4. The molecule has 1 spiro atoms. The fourth-order valence-corrected chi connectivity index (χ4v) is 3.55. The summed E-state index contributed by atoms with van der Waals surface area (Å²) in [6.07, 6.45) is 5.12. The van der Waals surface area contributed by atoms with Crippen molar-refractivity contribution in [2.24, 2.45) is 0 Å². The normalized spacial score (nSPS) is 26.0. The van der Waals surface area contributed by atoms with Crippen molar-refractivity contribution in [1.29, 1.82) is 0 Å². The highest BCUT2D eigenvalue weighted by atomic mass is 16.6. The van der Waals surface area contributed by atoms with Crippen molar-refractivity contribution >= 4 is 5.91 Å².